The summed E-state index contributed by atoms with van der Waals surface area (Å²) in [6.07, 6.45) is 1.59. The van der Waals surface area contributed by atoms with Crippen LogP contribution in [-0.4, -0.2) is 25.1 Å². The molecule has 0 aromatic heterocycles. The number of nitrogens with zero attached hydrogens (tertiary/aromatic N) is 1. The first-order valence-electron chi connectivity index (χ1n) is 9.42. The van der Waals surface area contributed by atoms with E-state index in [9.17, 15) is 9.59 Å². The molecule has 2 N–H and O–H groups in total. The van der Waals surface area contributed by atoms with Crippen LogP contribution in [0.5, 0.6) is 5.75 Å². The normalized spacial score (nSPS) is 10.9. The molecule has 0 atom stereocenters. The van der Waals surface area contributed by atoms with Gasteiger partial charge in [0.25, 0.3) is 0 Å². The van der Waals surface area contributed by atoms with Crippen molar-refractivity contribution in [2.24, 2.45) is 5.10 Å². The molecule has 0 aliphatic heterocycles. The molecule has 0 spiro atoms. The van der Waals surface area contributed by atoms with Crippen LogP contribution in [0.2, 0.25) is 5.02 Å². The van der Waals surface area contributed by atoms with Crippen LogP contribution in [0, 0.1) is 6.92 Å². The molecule has 0 unspecified atom stereocenters. The number of fused-ring (bicyclic) bond motifs is 1. The number of hydrogen-bond acceptors (Lipinski definition) is 4. The van der Waals surface area contributed by atoms with E-state index in [1.54, 1.807) is 31.5 Å². The highest BCUT2D eigenvalue weighted by Crippen LogP contribution is 2.26. The fraction of sp³-hybridized carbons (Fsp3) is 0.174. The van der Waals surface area contributed by atoms with E-state index in [2.05, 4.69) is 15.8 Å². The summed E-state index contributed by atoms with van der Waals surface area (Å²) in [6.45, 7) is 1.82. The molecule has 0 saturated heterocycles. The maximum Gasteiger partial charge on any atom is 0.240 e. The monoisotopic (exact) mass is 423 g/mol. The van der Waals surface area contributed by atoms with Crippen LogP contribution in [0.1, 0.15) is 24.0 Å². The third-order valence-corrected chi connectivity index (χ3v) is 5.06. The Morgan fingerprint density at radius 2 is 1.80 bits per heavy atom. The van der Waals surface area contributed by atoms with Gasteiger partial charge in [-0.3, -0.25) is 9.59 Å². The summed E-state index contributed by atoms with van der Waals surface area (Å²) < 4.78 is 5.40. The smallest absolute Gasteiger partial charge is 0.240 e. The predicted octanol–water partition coefficient (Wildman–Crippen LogP) is 4.68. The van der Waals surface area contributed by atoms with Gasteiger partial charge < -0.3 is 10.1 Å². The molecular weight excluding hydrogens is 402 g/mol. The first-order valence-corrected chi connectivity index (χ1v) is 9.80. The number of anilines is 1. The van der Waals surface area contributed by atoms with E-state index >= 15 is 0 Å². The number of carbonyl (C=O) groups is 2. The number of ether oxygens (including phenoxy) is 1. The third-order valence-electron chi connectivity index (χ3n) is 4.65. The number of hydrazone groups is 1. The van der Waals surface area contributed by atoms with Gasteiger partial charge in [-0.15, -0.1) is 0 Å². The largest absolute Gasteiger partial charge is 0.496 e. The number of benzene rings is 3. The van der Waals surface area contributed by atoms with Crippen LogP contribution < -0.4 is 15.5 Å². The molecule has 154 valence electrons. The Morgan fingerprint density at radius 3 is 2.60 bits per heavy atom. The SMILES string of the molecule is COc1ccc2ccccc2c1C=NNC(=O)CCC(=O)Nc1cccc(Cl)c1C. The second-order valence-corrected chi connectivity index (χ2v) is 7.06. The summed E-state index contributed by atoms with van der Waals surface area (Å²) in [7, 11) is 1.58. The van der Waals surface area contributed by atoms with Gasteiger partial charge in [-0.1, -0.05) is 48.0 Å². The van der Waals surface area contributed by atoms with Crippen molar-refractivity contribution >= 4 is 46.1 Å². The van der Waals surface area contributed by atoms with Crippen LogP contribution in [0.4, 0.5) is 5.69 Å². The standard InChI is InChI=1S/C23H22ClN3O3/c1-15-19(24)8-5-9-20(15)26-22(28)12-13-23(29)27-25-14-18-17-7-4-3-6-16(17)10-11-21(18)30-2/h3-11,14H,12-13H2,1-2H3,(H,26,28)(H,27,29). The average molecular weight is 424 g/mol. The number of carbonyl (C=O) groups excluding carboxylic acids is 2. The second kappa shape index (κ2) is 9.89. The minimum Gasteiger partial charge on any atom is -0.496 e. The molecule has 0 radical (unpaired) electrons. The topological polar surface area (TPSA) is 79.8 Å². The molecule has 0 aliphatic rings. The maximum absolute atomic E-state index is 12.1. The van der Waals surface area contributed by atoms with Crippen molar-refractivity contribution in [3.8, 4) is 5.75 Å². The lowest BCUT2D eigenvalue weighted by atomic mass is 10.0. The van der Waals surface area contributed by atoms with E-state index in [4.69, 9.17) is 16.3 Å². The number of halogens is 1. The van der Waals surface area contributed by atoms with Crippen molar-refractivity contribution in [3.63, 3.8) is 0 Å². The minimum absolute atomic E-state index is 0.00938. The molecule has 6 nitrogen and oxygen atoms in total. The van der Waals surface area contributed by atoms with E-state index in [0.29, 0.717) is 16.5 Å². The second-order valence-electron chi connectivity index (χ2n) is 6.66. The number of methoxy groups -OCH3 is 1. The Labute approximate surface area is 179 Å². The zero-order valence-corrected chi connectivity index (χ0v) is 17.5. The van der Waals surface area contributed by atoms with E-state index in [1.165, 1.54) is 0 Å². The van der Waals surface area contributed by atoms with Crippen LogP contribution in [0.25, 0.3) is 10.8 Å². The summed E-state index contributed by atoms with van der Waals surface area (Å²) in [5.74, 6) is 0.0293. The van der Waals surface area contributed by atoms with Gasteiger partial charge in [0.05, 0.1) is 13.3 Å². The highest BCUT2D eigenvalue weighted by atomic mass is 35.5. The molecule has 0 aliphatic carbocycles. The quantitative estimate of drug-likeness (QED) is 0.427. The van der Waals surface area contributed by atoms with E-state index < -0.39 is 0 Å². The van der Waals surface area contributed by atoms with Crippen molar-refractivity contribution in [1.29, 1.82) is 0 Å². The summed E-state index contributed by atoms with van der Waals surface area (Å²) in [4.78, 5) is 24.2. The molecule has 7 heteroatoms. The van der Waals surface area contributed by atoms with Crippen molar-refractivity contribution in [3.05, 3.63) is 70.7 Å². The predicted molar refractivity (Wildman–Crippen MR) is 120 cm³/mol. The molecule has 3 rings (SSSR count). The molecule has 3 aromatic rings. The lowest BCUT2D eigenvalue weighted by Gasteiger charge is -2.09. The molecule has 0 fully saturated rings. The highest BCUT2D eigenvalue weighted by Gasteiger charge is 2.10. The minimum atomic E-state index is -0.358. The summed E-state index contributed by atoms with van der Waals surface area (Å²) >= 11 is 6.05. The molecule has 0 saturated carbocycles. The lowest BCUT2D eigenvalue weighted by Crippen LogP contribution is -2.21. The maximum atomic E-state index is 12.1. The summed E-state index contributed by atoms with van der Waals surface area (Å²) in [6, 6.07) is 16.9. The molecule has 0 heterocycles. The first-order chi connectivity index (χ1) is 14.5. The van der Waals surface area contributed by atoms with Crippen molar-refractivity contribution in [2.75, 3.05) is 12.4 Å². The van der Waals surface area contributed by atoms with Crippen molar-refractivity contribution < 1.29 is 14.3 Å². The van der Waals surface area contributed by atoms with Gasteiger partial charge in [0, 0.05) is 29.1 Å². The molecular formula is C23H22ClN3O3. The zero-order valence-electron chi connectivity index (χ0n) is 16.7. The van der Waals surface area contributed by atoms with Gasteiger partial charge in [0.1, 0.15) is 5.75 Å². The third kappa shape index (κ3) is 5.15. The Hall–Kier alpha value is -3.38. The van der Waals surface area contributed by atoms with Crippen molar-refractivity contribution in [2.45, 2.75) is 19.8 Å². The van der Waals surface area contributed by atoms with Crippen LogP contribution in [0.15, 0.2) is 59.7 Å². The lowest BCUT2D eigenvalue weighted by molar-refractivity contribution is -0.124. The van der Waals surface area contributed by atoms with Crippen molar-refractivity contribution in [1.82, 2.24) is 5.43 Å². The van der Waals surface area contributed by atoms with Gasteiger partial charge in [0.2, 0.25) is 11.8 Å². The van der Waals surface area contributed by atoms with Gasteiger partial charge in [-0.25, -0.2) is 5.43 Å². The number of rotatable bonds is 7. The Balaban J connectivity index is 1.57. The first kappa shape index (κ1) is 21.3. The number of hydrogen-bond donors (Lipinski definition) is 2. The van der Waals surface area contributed by atoms with E-state index in [0.717, 1.165) is 21.9 Å². The van der Waals surface area contributed by atoms with Crippen LogP contribution in [0.3, 0.4) is 0 Å². The molecule has 0 bridgehead atoms. The van der Waals surface area contributed by atoms with Gasteiger partial charge in [-0.05, 0) is 41.5 Å². The fourth-order valence-corrected chi connectivity index (χ4v) is 3.17. The van der Waals surface area contributed by atoms with Crippen LogP contribution in [-0.2, 0) is 9.59 Å². The zero-order chi connectivity index (χ0) is 21.5. The highest BCUT2D eigenvalue weighted by molar-refractivity contribution is 6.31. The van der Waals surface area contributed by atoms with Crippen LogP contribution >= 0.6 is 11.6 Å². The van der Waals surface area contributed by atoms with Gasteiger partial charge in [0.15, 0.2) is 0 Å². The summed E-state index contributed by atoms with van der Waals surface area (Å²) in [5, 5.41) is 9.38. The Bertz CT molecular complexity index is 1110. The number of amides is 2. The Kier molecular flexibility index (Phi) is 7.03. The van der Waals surface area contributed by atoms with Gasteiger partial charge in [-0.2, -0.15) is 5.10 Å². The molecule has 2 amide bonds. The molecule has 3 aromatic carbocycles. The Morgan fingerprint density at radius 1 is 1.03 bits per heavy atom. The average Bonchev–Trinajstić information content (AvgIpc) is 2.75. The van der Waals surface area contributed by atoms with E-state index in [1.807, 2.05) is 43.3 Å². The van der Waals surface area contributed by atoms with Gasteiger partial charge >= 0.3 is 0 Å². The fourth-order valence-electron chi connectivity index (χ4n) is 2.99. The summed E-state index contributed by atoms with van der Waals surface area (Å²) in [5.41, 5.74) is 4.65. The number of nitrogens with one attached hydrogen (secondary N) is 2. The molecule has 30 heavy (non-hydrogen) atoms. The van der Waals surface area contributed by atoms with E-state index in [-0.39, 0.29) is 24.7 Å².